The van der Waals surface area contributed by atoms with E-state index >= 15 is 0 Å². The normalized spacial score (nSPS) is 19.9. The first-order valence-electron chi connectivity index (χ1n) is 9.05. The Hall–Kier alpha value is -2.88. The van der Waals surface area contributed by atoms with Crippen LogP contribution in [0.4, 0.5) is 0 Å². The second-order valence-corrected chi connectivity index (χ2v) is 7.04. The molecule has 1 aliphatic rings. The van der Waals surface area contributed by atoms with Crippen molar-refractivity contribution in [3.8, 4) is 0 Å². The number of carbonyl (C=O) groups is 1. The van der Waals surface area contributed by atoms with Gasteiger partial charge in [0, 0.05) is 37.9 Å². The fraction of sp³-hybridized carbons (Fsp3) is 0.273. The molecular formula is C22H23N3O. The van der Waals surface area contributed by atoms with Crippen LogP contribution in [-0.2, 0) is 24.8 Å². The first kappa shape index (κ1) is 16.6. The fourth-order valence-electron chi connectivity index (χ4n) is 3.93. The van der Waals surface area contributed by atoms with E-state index in [1.807, 2.05) is 65.4 Å². The summed E-state index contributed by atoms with van der Waals surface area (Å²) in [6, 6.07) is 20.5. The highest BCUT2D eigenvalue weighted by molar-refractivity contribution is 5.82. The maximum atomic E-state index is 13.2. The van der Waals surface area contributed by atoms with Crippen molar-refractivity contribution in [2.45, 2.75) is 18.9 Å². The Labute approximate surface area is 154 Å². The second kappa shape index (κ2) is 7.16. The van der Waals surface area contributed by atoms with Crippen molar-refractivity contribution in [1.82, 2.24) is 14.5 Å². The first-order valence-corrected chi connectivity index (χ1v) is 9.05. The number of aromatic nitrogens is 2. The van der Waals surface area contributed by atoms with Gasteiger partial charge in [-0.2, -0.15) is 0 Å². The molecule has 0 N–H and O–H groups in total. The van der Waals surface area contributed by atoms with Crippen LogP contribution in [0.15, 0.2) is 73.2 Å². The predicted molar refractivity (Wildman–Crippen MR) is 101 cm³/mol. The van der Waals surface area contributed by atoms with Crippen molar-refractivity contribution >= 4 is 5.91 Å². The van der Waals surface area contributed by atoms with Gasteiger partial charge in [0.1, 0.15) is 0 Å². The van der Waals surface area contributed by atoms with Gasteiger partial charge in [0.15, 0.2) is 0 Å². The van der Waals surface area contributed by atoms with E-state index in [0.717, 1.165) is 18.7 Å². The summed E-state index contributed by atoms with van der Waals surface area (Å²) in [5, 5.41) is 0. The van der Waals surface area contributed by atoms with Crippen molar-refractivity contribution in [3.63, 3.8) is 0 Å². The number of rotatable bonds is 5. The average molecular weight is 345 g/mol. The van der Waals surface area contributed by atoms with E-state index in [1.165, 1.54) is 11.1 Å². The van der Waals surface area contributed by atoms with Crippen LogP contribution >= 0.6 is 0 Å². The number of imidazole rings is 1. The largest absolute Gasteiger partial charge is 0.337 e. The highest BCUT2D eigenvalue weighted by Gasteiger charge is 2.42. The molecular weight excluding hydrogens is 322 g/mol. The Morgan fingerprint density at radius 1 is 1.00 bits per heavy atom. The molecule has 0 spiro atoms. The van der Waals surface area contributed by atoms with Crippen LogP contribution in [0.2, 0.25) is 0 Å². The Morgan fingerprint density at radius 2 is 1.65 bits per heavy atom. The molecule has 1 aliphatic heterocycles. The molecule has 132 valence electrons. The Kier molecular flexibility index (Phi) is 4.57. The van der Waals surface area contributed by atoms with Crippen molar-refractivity contribution in [3.05, 3.63) is 90.0 Å². The van der Waals surface area contributed by atoms with Crippen LogP contribution in [0, 0.1) is 5.92 Å². The lowest BCUT2D eigenvalue weighted by atomic mass is 9.87. The molecule has 2 aromatic carbocycles. The summed E-state index contributed by atoms with van der Waals surface area (Å²) in [5.41, 5.74) is 3.51. The highest BCUT2D eigenvalue weighted by atomic mass is 16.2. The van der Waals surface area contributed by atoms with Gasteiger partial charge in [0.25, 0.3) is 0 Å². The van der Waals surface area contributed by atoms with Crippen LogP contribution in [0.1, 0.15) is 22.7 Å². The van der Waals surface area contributed by atoms with Crippen LogP contribution in [0.25, 0.3) is 0 Å². The molecule has 4 nitrogen and oxygen atoms in total. The molecule has 4 heteroatoms. The minimum atomic E-state index is -0.0449. The number of hydrogen-bond donors (Lipinski definition) is 0. The molecule has 0 bridgehead atoms. The molecule has 0 saturated carbocycles. The summed E-state index contributed by atoms with van der Waals surface area (Å²) in [7, 11) is 2.01. The lowest BCUT2D eigenvalue weighted by molar-refractivity contribution is -0.131. The molecule has 2 atom stereocenters. The summed E-state index contributed by atoms with van der Waals surface area (Å²) in [6.45, 7) is 1.41. The maximum absolute atomic E-state index is 13.2. The van der Waals surface area contributed by atoms with E-state index in [4.69, 9.17) is 0 Å². The first-order chi connectivity index (χ1) is 12.7. The third-order valence-electron chi connectivity index (χ3n) is 5.28. The molecule has 3 aromatic rings. The van der Waals surface area contributed by atoms with Gasteiger partial charge in [0.2, 0.25) is 5.91 Å². The number of nitrogens with zero attached hydrogens (tertiary/aromatic N) is 3. The summed E-state index contributed by atoms with van der Waals surface area (Å²) in [5.74, 6) is 0.360. The Balaban J connectivity index is 1.62. The number of amides is 1. The lowest BCUT2D eigenvalue weighted by Crippen LogP contribution is -2.27. The molecule has 1 fully saturated rings. The molecule has 0 radical (unpaired) electrons. The van der Waals surface area contributed by atoms with Crippen LogP contribution in [0.3, 0.4) is 0 Å². The minimum absolute atomic E-state index is 0.0449. The second-order valence-electron chi connectivity index (χ2n) is 7.04. The third kappa shape index (κ3) is 3.27. The number of likely N-dealkylation sites (tertiary alicyclic amines) is 1. The third-order valence-corrected chi connectivity index (χ3v) is 5.28. The molecule has 1 amide bonds. The van der Waals surface area contributed by atoms with Gasteiger partial charge in [-0.3, -0.25) is 4.79 Å². The number of aryl methyl sites for hydroxylation is 1. The van der Waals surface area contributed by atoms with Gasteiger partial charge >= 0.3 is 0 Å². The highest BCUT2D eigenvalue weighted by Crippen LogP contribution is 2.36. The number of carbonyl (C=O) groups excluding carboxylic acids is 1. The van der Waals surface area contributed by atoms with Crippen molar-refractivity contribution < 1.29 is 4.79 Å². The van der Waals surface area contributed by atoms with Gasteiger partial charge in [-0.25, -0.2) is 4.98 Å². The molecule has 4 rings (SSSR count). The minimum Gasteiger partial charge on any atom is -0.337 e. The fourth-order valence-corrected chi connectivity index (χ4v) is 3.93. The van der Waals surface area contributed by atoms with Crippen molar-refractivity contribution in [2.24, 2.45) is 13.0 Å². The zero-order valence-electron chi connectivity index (χ0n) is 15.0. The van der Waals surface area contributed by atoms with Crippen molar-refractivity contribution in [1.29, 1.82) is 0 Å². The van der Waals surface area contributed by atoms with Gasteiger partial charge < -0.3 is 9.47 Å². The molecule has 0 aliphatic carbocycles. The topological polar surface area (TPSA) is 38.1 Å². The molecule has 1 saturated heterocycles. The maximum Gasteiger partial charge on any atom is 0.227 e. The zero-order valence-corrected chi connectivity index (χ0v) is 15.0. The van der Waals surface area contributed by atoms with E-state index in [9.17, 15) is 4.79 Å². The lowest BCUT2D eigenvalue weighted by Gasteiger charge is -2.17. The van der Waals surface area contributed by atoms with Gasteiger partial charge in [-0.15, -0.1) is 0 Å². The predicted octanol–water partition coefficient (Wildman–Crippen LogP) is 3.41. The summed E-state index contributed by atoms with van der Waals surface area (Å²) in [4.78, 5) is 19.5. The smallest absolute Gasteiger partial charge is 0.227 e. The van der Waals surface area contributed by atoms with Crippen molar-refractivity contribution in [2.75, 3.05) is 6.54 Å². The standard InChI is InChI=1S/C22H23N3O/c1-24-16-23-13-21(24)20-15-25(14-18-10-6-3-7-11-18)22(26)19(20)12-17-8-4-2-5-9-17/h2-11,13,16,19-20H,12,14-15H2,1H3/t19-,20+/m0/s1. The molecule has 2 heterocycles. The number of hydrogen-bond acceptors (Lipinski definition) is 2. The Morgan fingerprint density at radius 3 is 2.27 bits per heavy atom. The molecule has 1 aromatic heterocycles. The summed E-state index contributed by atoms with van der Waals surface area (Å²) < 4.78 is 2.04. The van der Waals surface area contributed by atoms with E-state index in [-0.39, 0.29) is 17.7 Å². The monoisotopic (exact) mass is 345 g/mol. The van der Waals surface area contributed by atoms with E-state index in [1.54, 1.807) is 0 Å². The van der Waals surface area contributed by atoms with Gasteiger partial charge in [-0.05, 0) is 17.5 Å². The van der Waals surface area contributed by atoms with Crippen LogP contribution in [0.5, 0.6) is 0 Å². The SMILES string of the molecule is Cn1cncc1[C@@H]1CN(Cc2ccccc2)C(=O)[C@H]1Cc1ccccc1. The van der Waals surface area contributed by atoms with Gasteiger partial charge in [0.05, 0.1) is 12.2 Å². The van der Waals surface area contributed by atoms with Crippen LogP contribution in [-0.4, -0.2) is 26.9 Å². The quantitative estimate of drug-likeness (QED) is 0.711. The van der Waals surface area contributed by atoms with E-state index < -0.39 is 0 Å². The number of benzene rings is 2. The molecule has 26 heavy (non-hydrogen) atoms. The average Bonchev–Trinajstić information content (AvgIpc) is 3.22. The van der Waals surface area contributed by atoms with Crippen LogP contribution < -0.4 is 0 Å². The summed E-state index contributed by atoms with van der Waals surface area (Å²) in [6.07, 6.45) is 4.49. The summed E-state index contributed by atoms with van der Waals surface area (Å²) >= 11 is 0. The van der Waals surface area contributed by atoms with E-state index in [0.29, 0.717) is 6.54 Å². The Bertz CT molecular complexity index is 873. The van der Waals surface area contributed by atoms with Gasteiger partial charge in [-0.1, -0.05) is 60.7 Å². The van der Waals surface area contributed by atoms with E-state index in [2.05, 4.69) is 29.2 Å². The molecule has 0 unspecified atom stereocenters. The zero-order chi connectivity index (χ0) is 17.9.